The van der Waals surface area contributed by atoms with E-state index in [1.807, 2.05) is 26.0 Å². The first-order valence-electron chi connectivity index (χ1n) is 11.0. The van der Waals surface area contributed by atoms with Gasteiger partial charge < -0.3 is 20.6 Å². The maximum absolute atomic E-state index is 12.7. The predicted molar refractivity (Wildman–Crippen MR) is 123 cm³/mol. The summed E-state index contributed by atoms with van der Waals surface area (Å²) in [7, 11) is 1.59. The van der Waals surface area contributed by atoms with Crippen molar-refractivity contribution < 1.29 is 14.7 Å². The summed E-state index contributed by atoms with van der Waals surface area (Å²) < 4.78 is 0. The van der Waals surface area contributed by atoms with Crippen LogP contribution in [0.2, 0.25) is 0 Å². The van der Waals surface area contributed by atoms with Crippen LogP contribution in [0.15, 0.2) is 30.5 Å². The summed E-state index contributed by atoms with van der Waals surface area (Å²) in [5.41, 5.74) is 4.79. The molecule has 1 aromatic carbocycles. The molecule has 4 rings (SSSR count). The van der Waals surface area contributed by atoms with E-state index in [4.69, 9.17) is 0 Å². The number of nitrogens with zero attached hydrogens (tertiary/aromatic N) is 4. The molecule has 0 spiro atoms. The number of piperazine rings is 1. The van der Waals surface area contributed by atoms with Crippen molar-refractivity contribution in [2.24, 2.45) is 0 Å². The van der Waals surface area contributed by atoms with Crippen molar-refractivity contribution in [1.82, 2.24) is 20.1 Å². The minimum absolute atomic E-state index is 0.137. The molecule has 170 valence electrons. The zero-order valence-corrected chi connectivity index (χ0v) is 18.8. The van der Waals surface area contributed by atoms with Crippen molar-refractivity contribution in [3.8, 4) is 0 Å². The van der Waals surface area contributed by atoms with Crippen molar-refractivity contribution in [3.05, 3.63) is 52.8 Å². The van der Waals surface area contributed by atoms with Gasteiger partial charge in [-0.25, -0.2) is 4.98 Å². The molecule has 1 fully saturated rings. The van der Waals surface area contributed by atoms with E-state index in [1.165, 1.54) is 4.90 Å². The molecule has 1 atom stereocenters. The predicted octanol–water partition coefficient (Wildman–Crippen LogP) is 1.24. The molecule has 1 saturated heterocycles. The van der Waals surface area contributed by atoms with Crippen molar-refractivity contribution in [3.63, 3.8) is 0 Å². The number of carbonyl (C=O) groups excluding carboxylic acids is 2. The number of anilines is 2. The first kappa shape index (κ1) is 22.0. The average molecular weight is 439 g/mol. The molecule has 0 radical (unpaired) electrons. The summed E-state index contributed by atoms with van der Waals surface area (Å²) in [6, 6.07) is 7.73. The summed E-state index contributed by atoms with van der Waals surface area (Å²) in [5.74, 6) is -0.324. The van der Waals surface area contributed by atoms with E-state index in [0.717, 1.165) is 49.5 Å². The Labute approximate surface area is 188 Å². The lowest BCUT2D eigenvalue weighted by molar-refractivity contribution is 0.0209. The number of nitrogens with one attached hydrogen (secondary N) is 2. The highest BCUT2D eigenvalue weighted by molar-refractivity contribution is 6.03. The maximum atomic E-state index is 12.7. The molecule has 2 amide bonds. The van der Waals surface area contributed by atoms with Gasteiger partial charge in [-0.1, -0.05) is 6.07 Å². The number of amides is 2. The Morgan fingerprint density at radius 1 is 1.25 bits per heavy atom. The molecule has 2 aliphatic heterocycles. The summed E-state index contributed by atoms with van der Waals surface area (Å²) in [6.45, 7) is 8.54. The van der Waals surface area contributed by atoms with Crippen LogP contribution in [-0.2, 0) is 6.54 Å². The number of aliphatic hydroxyl groups is 1. The van der Waals surface area contributed by atoms with E-state index in [9.17, 15) is 14.7 Å². The number of aryl methyl sites for hydroxylation is 1. The quantitative estimate of drug-likeness (QED) is 0.646. The molecule has 1 aromatic heterocycles. The van der Waals surface area contributed by atoms with Gasteiger partial charge in [-0.3, -0.25) is 19.4 Å². The van der Waals surface area contributed by atoms with E-state index in [-0.39, 0.29) is 11.8 Å². The second-order valence-corrected chi connectivity index (χ2v) is 8.19. The molecular formula is C23H30N6O3. The van der Waals surface area contributed by atoms with Gasteiger partial charge in [0.25, 0.3) is 11.8 Å². The van der Waals surface area contributed by atoms with Gasteiger partial charge in [-0.2, -0.15) is 0 Å². The molecule has 0 aliphatic carbocycles. The standard InChI is InChI=1S/C23H30N6O3/c1-4-29-22(31)20-15(2)11-16(12-19(20)26-23(29)32)14-27-7-9-28(10-8-27)17-5-6-18(25-13-17)21(30)24-3/h5-6,11-13,23,26,32H,4,7-10,14H2,1-3H3,(H,24,30). The third-order valence-corrected chi connectivity index (χ3v) is 6.14. The molecule has 3 N–H and O–H groups in total. The molecule has 0 saturated carbocycles. The van der Waals surface area contributed by atoms with Crippen LogP contribution in [-0.4, -0.2) is 77.8 Å². The Morgan fingerprint density at radius 2 is 2.00 bits per heavy atom. The molecule has 1 unspecified atom stereocenters. The van der Waals surface area contributed by atoms with E-state index in [0.29, 0.717) is 23.5 Å². The Morgan fingerprint density at radius 3 is 2.62 bits per heavy atom. The topological polar surface area (TPSA) is 101 Å². The van der Waals surface area contributed by atoms with Crippen molar-refractivity contribution in [2.45, 2.75) is 26.7 Å². The molecule has 9 heteroatoms. The summed E-state index contributed by atoms with van der Waals surface area (Å²) in [6.07, 6.45) is 0.752. The first-order chi connectivity index (χ1) is 15.4. The van der Waals surface area contributed by atoms with E-state index < -0.39 is 6.35 Å². The van der Waals surface area contributed by atoms with Crippen molar-refractivity contribution >= 4 is 23.2 Å². The van der Waals surface area contributed by atoms with E-state index >= 15 is 0 Å². The highest BCUT2D eigenvalue weighted by atomic mass is 16.3. The highest BCUT2D eigenvalue weighted by Crippen LogP contribution is 2.29. The normalized spacial score (nSPS) is 18.9. The fourth-order valence-electron chi connectivity index (χ4n) is 4.40. The fraction of sp³-hybridized carbons (Fsp3) is 0.435. The Hall–Kier alpha value is -3.17. The van der Waals surface area contributed by atoms with Gasteiger partial charge in [-0.15, -0.1) is 0 Å². The SMILES string of the molecule is CCN1C(=O)c2c(C)cc(CN3CCN(c4ccc(C(=O)NC)nc4)CC3)cc2NC1O. The second-order valence-electron chi connectivity index (χ2n) is 8.19. The number of pyridine rings is 1. The van der Waals surface area contributed by atoms with Gasteiger partial charge in [0, 0.05) is 46.3 Å². The third-order valence-electron chi connectivity index (χ3n) is 6.14. The number of hydrogen-bond acceptors (Lipinski definition) is 7. The van der Waals surface area contributed by atoms with Gasteiger partial charge in [0.2, 0.25) is 6.35 Å². The van der Waals surface area contributed by atoms with Crippen LogP contribution in [0.25, 0.3) is 0 Å². The monoisotopic (exact) mass is 438 g/mol. The van der Waals surface area contributed by atoms with Crippen LogP contribution in [0, 0.1) is 6.92 Å². The molecule has 3 heterocycles. The van der Waals surface area contributed by atoms with Gasteiger partial charge in [0.05, 0.1) is 23.1 Å². The zero-order valence-electron chi connectivity index (χ0n) is 18.8. The zero-order chi connectivity index (χ0) is 22.8. The smallest absolute Gasteiger partial charge is 0.269 e. The minimum Gasteiger partial charge on any atom is -0.368 e. The van der Waals surface area contributed by atoms with Crippen molar-refractivity contribution in [2.75, 3.05) is 50.0 Å². The molecule has 9 nitrogen and oxygen atoms in total. The Balaban J connectivity index is 1.40. The molecule has 2 aromatic rings. The number of rotatable bonds is 5. The van der Waals surface area contributed by atoms with Crippen LogP contribution >= 0.6 is 0 Å². The van der Waals surface area contributed by atoms with Crippen LogP contribution in [0.3, 0.4) is 0 Å². The average Bonchev–Trinajstić information content (AvgIpc) is 2.79. The number of aromatic nitrogens is 1. The lowest BCUT2D eigenvalue weighted by Crippen LogP contribution is -2.49. The lowest BCUT2D eigenvalue weighted by Gasteiger charge is -2.37. The molecule has 32 heavy (non-hydrogen) atoms. The van der Waals surface area contributed by atoms with Crippen LogP contribution < -0.4 is 15.5 Å². The lowest BCUT2D eigenvalue weighted by atomic mass is 9.99. The van der Waals surface area contributed by atoms with Crippen LogP contribution in [0.4, 0.5) is 11.4 Å². The minimum atomic E-state index is -0.999. The molecular weight excluding hydrogens is 408 g/mol. The first-order valence-corrected chi connectivity index (χ1v) is 11.0. The van der Waals surface area contributed by atoms with Gasteiger partial charge in [-0.05, 0) is 43.2 Å². The number of benzene rings is 1. The van der Waals surface area contributed by atoms with Gasteiger partial charge >= 0.3 is 0 Å². The summed E-state index contributed by atoms with van der Waals surface area (Å²) >= 11 is 0. The number of fused-ring (bicyclic) bond motifs is 1. The highest BCUT2D eigenvalue weighted by Gasteiger charge is 2.31. The maximum Gasteiger partial charge on any atom is 0.269 e. The number of hydrogen-bond donors (Lipinski definition) is 3. The van der Waals surface area contributed by atoms with E-state index in [2.05, 4.69) is 31.5 Å². The number of carbonyl (C=O) groups is 2. The van der Waals surface area contributed by atoms with Gasteiger partial charge in [0.15, 0.2) is 0 Å². The van der Waals surface area contributed by atoms with E-state index in [1.54, 1.807) is 19.3 Å². The van der Waals surface area contributed by atoms with Crippen LogP contribution in [0.1, 0.15) is 38.9 Å². The largest absolute Gasteiger partial charge is 0.368 e. The number of aliphatic hydroxyl groups excluding tert-OH is 1. The Kier molecular flexibility index (Phi) is 6.29. The fourth-order valence-corrected chi connectivity index (χ4v) is 4.40. The van der Waals surface area contributed by atoms with Crippen molar-refractivity contribution in [1.29, 1.82) is 0 Å². The second kappa shape index (κ2) is 9.13. The molecule has 0 bridgehead atoms. The molecule has 2 aliphatic rings. The summed E-state index contributed by atoms with van der Waals surface area (Å²) in [5, 5.41) is 15.9. The summed E-state index contributed by atoms with van der Waals surface area (Å²) in [4.78, 5) is 34.7. The Bertz CT molecular complexity index is 1000. The van der Waals surface area contributed by atoms with Gasteiger partial charge in [0.1, 0.15) is 5.69 Å². The van der Waals surface area contributed by atoms with Crippen LogP contribution in [0.5, 0.6) is 0 Å². The third kappa shape index (κ3) is 4.26.